The van der Waals surface area contributed by atoms with E-state index in [0.29, 0.717) is 36.6 Å². The predicted molar refractivity (Wildman–Crippen MR) is 121 cm³/mol. The molecule has 32 heavy (non-hydrogen) atoms. The minimum absolute atomic E-state index is 0.131. The van der Waals surface area contributed by atoms with E-state index in [1.165, 1.54) is 6.92 Å². The van der Waals surface area contributed by atoms with E-state index in [-0.39, 0.29) is 17.9 Å². The van der Waals surface area contributed by atoms with Crippen LogP contribution in [0.4, 0.5) is 5.69 Å². The van der Waals surface area contributed by atoms with E-state index in [4.69, 9.17) is 10.5 Å². The second kappa shape index (κ2) is 9.12. The molecule has 2 atom stereocenters. The number of anilines is 1. The molecule has 0 aliphatic carbocycles. The fourth-order valence-corrected chi connectivity index (χ4v) is 4.04. The summed E-state index contributed by atoms with van der Waals surface area (Å²) in [6.45, 7) is 2.04. The second-order valence-electron chi connectivity index (χ2n) is 7.96. The molecule has 2 aromatic carbocycles. The van der Waals surface area contributed by atoms with Crippen LogP contribution in [-0.2, 0) is 16.0 Å². The van der Waals surface area contributed by atoms with Crippen molar-refractivity contribution in [3.05, 3.63) is 54.2 Å². The maximum atomic E-state index is 12.8. The third kappa shape index (κ3) is 4.58. The van der Waals surface area contributed by atoms with Gasteiger partial charge in [-0.3, -0.25) is 9.59 Å². The summed E-state index contributed by atoms with van der Waals surface area (Å²) in [5, 5.41) is 12.9. The largest absolute Gasteiger partial charge is 0.457 e. The number of nitrogens with one attached hydrogen (secondary N) is 2. The zero-order valence-electron chi connectivity index (χ0n) is 17.8. The molecule has 0 saturated carbocycles. The van der Waals surface area contributed by atoms with Gasteiger partial charge in [0.25, 0.3) is 0 Å². The van der Waals surface area contributed by atoms with Crippen molar-refractivity contribution < 1.29 is 14.3 Å². The molecule has 0 unspecified atom stereocenters. The summed E-state index contributed by atoms with van der Waals surface area (Å²) in [6, 6.07) is 13.9. The average molecular weight is 431 g/mol. The number of H-pyrrole nitrogens is 1. The highest BCUT2D eigenvalue weighted by Gasteiger charge is 2.31. The van der Waals surface area contributed by atoms with Gasteiger partial charge < -0.3 is 25.7 Å². The normalized spacial score (nSPS) is 16.5. The van der Waals surface area contributed by atoms with Gasteiger partial charge in [-0.25, -0.2) is 0 Å². The van der Waals surface area contributed by atoms with Crippen molar-refractivity contribution in [3.63, 3.8) is 0 Å². The van der Waals surface area contributed by atoms with E-state index < -0.39 is 6.04 Å². The number of aromatic amines is 1. The van der Waals surface area contributed by atoms with Gasteiger partial charge in [0.15, 0.2) is 0 Å². The fourth-order valence-electron chi connectivity index (χ4n) is 4.04. The summed E-state index contributed by atoms with van der Waals surface area (Å²) in [6.07, 6.45) is 3.75. The van der Waals surface area contributed by atoms with Crippen LogP contribution in [0.1, 0.15) is 25.3 Å². The number of fused-ring (bicyclic) bond motifs is 1. The Balaban J connectivity index is 1.48. The average Bonchev–Trinajstić information content (AvgIpc) is 3.41. The maximum absolute atomic E-state index is 12.8. The van der Waals surface area contributed by atoms with Crippen LogP contribution >= 0.6 is 0 Å². The number of aromatic nitrogens is 1. The third-order valence-corrected chi connectivity index (χ3v) is 5.59. The van der Waals surface area contributed by atoms with Crippen molar-refractivity contribution in [1.82, 2.24) is 9.88 Å². The SMILES string of the molecule is CC(=O)Nc1ccc(Oc2ccc3[nH]cc(C[C@H](N)C(=O)N4CCC[C@H]4C#N)c3c2)cc1. The first-order chi connectivity index (χ1) is 15.4. The van der Waals surface area contributed by atoms with E-state index in [9.17, 15) is 14.9 Å². The molecule has 1 saturated heterocycles. The van der Waals surface area contributed by atoms with E-state index >= 15 is 0 Å². The number of ether oxygens (including phenoxy) is 1. The number of nitrogens with zero attached hydrogens (tertiary/aromatic N) is 2. The lowest BCUT2D eigenvalue weighted by molar-refractivity contribution is -0.132. The van der Waals surface area contributed by atoms with E-state index in [2.05, 4.69) is 16.4 Å². The van der Waals surface area contributed by atoms with Crippen LogP contribution in [-0.4, -0.2) is 40.3 Å². The lowest BCUT2D eigenvalue weighted by Crippen LogP contribution is -2.46. The predicted octanol–water partition coefficient (Wildman–Crippen LogP) is 3.30. The number of amides is 2. The van der Waals surface area contributed by atoms with E-state index in [1.54, 1.807) is 29.2 Å². The number of nitriles is 1. The number of rotatable bonds is 6. The van der Waals surface area contributed by atoms with Gasteiger partial charge in [-0.2, -0.15) is 5.26 Å². The van der Waals surface area contributed by atoms with E-state index in [1.807, 2.05) is 24.4 Å². The Morgan fingerprint density at radius 2 is 2.03 bits per heavy atom. The second-order valence-corrected chi connectivity index (χ2v) is 7.96. The minimum atomic E-state index is -0.714. The summed E-state index contributed by atoms with van der Waals surface area (Å²) in [5.74, 6) is 0.970. The van der Waals surface area contributed by atoms with Crippen molar-refractivity contribution in [2.75, 3.05) is 11.9 Å². The summed E-state index contributed by atoms with van der Waals surface area (Å²) < 4.78 is 5.96. The summed E-state index contributed by atoms with van der Waals surface area (Å²) in [4.78, 5) is 28.7. The molecule has 3 aromatic rings. The van der Waals surface area contributed by atoms with Crippen LogP contribution in [0.25, 0.3) is 10.9 Å². The number of hydrogen-bond donors (Lipinski definition) is 3. The van der Waals surface area contributed by atoms with Gasteiger partial charge in [0.1, 0.15) is 17.5 Å². The molecular weight excluding hydrogens is 406 g/mol. The summed E-state index contributed by atoms with van der Waals surface area (Å²) in [7, 11) is 0. The standard InChI is InChI=1S/C24H25N5O3/c1-15(30)28-17-4-6-19(7-5-17)32-20-8-9-23-21(12-20)16(14-27-23)11-22(26)24(31)29-10-2-3-18(29)13-25/h4-9,12,14,18,22,27H,2-3,10-11,26H2,1H3,(H,28,30)/t18-,22-/m0/s1. The van der Waals surface area contributed by atoms with Crippen LogP contribution in [0.2, 0.25) is 0 Å². The zero-order valence-corrected chi connectivity index (χ0v) is 17.8. The molecule has 4 rings (SSSR count). The third-order valence-electron chi connectivity index (χ3n) is 5.59. The highest BCUT2D eigenvalue weighted by Crippen LogP contribution is 2.29. The molecule has 8 nitrogen and oxygen atoms in total. The molecule has 0 bridgehead atoms. The number of benzene rings is 2. The monoisotopic (exact) mass is 431 g/mol. The Kier molecular flexibility index (Phi) is 6.10. The number of carbonyl (C=O) groups excluding carboxylic acids is 2. The van der Waals surface area contributed by atoms with Gasteiger partial charge >= 0.3 is 0 Å². The topological polar surface area (TPSA) is 124 Å². The molecule has 1 aromatic heterocycles. The highest BCUT2D eigenvalue weighted by atomic mass is 16.5. The smallest absolute Gasteiger partial charge is 0.240 e. The molecule has 1 fully saturated rings. The minimum Gasteiger partial charge on any atom is -0.457 e. The van der Waals surface area contributed by atoms with Crippen molar-refractivity contribution in [2.45, 2.75) is 38.3 Å². The molecule has 0 spiro atoms. The van der Waals surface area contributed by atoms with Crippen molar-refractivity contribution in [3.8, 4) is 17.6 Å². The number of likely N-dealkylation sites (tertiary alicyclic amines) is 1. The first-order valence-electron chi connectivity index (χ1n) is 10.6. The highest BCUT2D eigenvalue weighted by molar-refractivity contribution is 5.89. The number of hydrogen-bond acceptors (Lipinski definition) is 5. The Hall–Kier alpha value is -3.83. The van der Waals surface area contributed by atoms with Gasteiger partial charge in [0.05, 0.1) is 12.1 Å². The first kappa shape index (κ1) is 21.4. The fraction of sp³-hybridized carbons (Fsp3) is 0.292. The Bertz CT molecular complexity index is 1180. The van der Waals surface area contributed by atoms with Gasteiger partial charge in [0, 0.05) is 36.3 Å². The first-order valence-corrected chi connectivity index (χ1v) is 10.6. The van der Waals surface area contributed by atoms with Crippen molar-refractivity contribution in [2.24, 2.45) is 5.73 Å². The zero-order chi connectivity index (χ0) is 22.7. The van der Waals surface area contributed by atoms with Gasteiger partial charge in [-0.1, -0.05) is 0 Å². The van der Waals surface area contributed by atoms with Gasteiger partial charge in [0.2, 0.25) is 11.8 Å². The molecule has 164 valence electrons. The van der Waals surface area contributed by atoms with Gasteiger partial charge in [-0.05, 0) is 67.3 Å². The Labute approximate surface area is 186 Å². The van der Waals surface area contributed by atoms with Crippen molar-refractivity contribution in [1.29, 1.82) is 5.26 Å². The van der Waals surface area contributed by atoms with Crippen LogP contribution in [0.3, 0.4) is 0 Å². The van der Waals surface area contributed by atoms with Crippen LogP contribution < -0.4 is 15.8 Å². The molecule has 0 radical (unpaired) electrons. The molecule has 8 heteroatoms. The lowest BCUT2D eigenvalue weighted by Gasteiger charge is -2.23. The van der Waals surface area contributed by atoms with Crippen LogP contribution in [0.5, 0.6) is 11.5 Å². The van der Waals surface area contributed by atoms with Gasteiger partial charge in [-0.15, -0.1) is 0 Å². The van der Waals surface area contributed by atoms with Crippen LogP contribution in [0.15, 0.2) is 48.7 Å². The number of carbonyl (C=O) groups is 2. The Morgan fingerprint density at radius 1 is 1.28 bits per heavy atom. The van der Waals surface area contributed by atoms with Crippen molar-refractivity contribution >= 4 is 28.4 Å². The lowest BCUT2D eigenvalue weighted by atomic mass is 10.0. The quantitative estimate of drug-likeness (QED) is 0.552. The summed E-state index contributed by atoms with van der Waals surface area (Å²) >= 11 is 0. The van der Waals surface area contributed by atoms with E-state index in [0.717, 1.165) is 22.9 Å². The molecule has 2 amide bonds. The molecule has 4 N–H and O–H groups in total. The summed E-state index contributed by atoms with van der Waals surface area (Å²) in [5.41, 5.74) is 8.77. The number of nitrogens with two attached hydrogens (primary N) is 1. The Morgan fingerprint density at radius 3 is 2.75 bits per heavy atom. The maximum Gasteiger partial charge on any atom is 0.240 e. The molecule has 2 heterocycles. The molecule has 1 aliphatic rings. The molecule has 1 aliphatic heterocycles. The molecular formula is C24H25N5O3. The van der Waals surface area contributed by atoms with Crippen LogP contribution in [0, 0.1) is 11.3 Å².